The van der Waals surface area contributed by atoms with Crippen LogP contribution in [0.15, 0.2) is 41.5 Å². The van der Waals surface area contributed by atoms with Gasteiger partial charge in [-0.25, -0.2) is 9.97 Å². The molecule has 3 heterocycles. The smallest absolute Gasteiger partial charge is 0.262 e. The summed E-state index contributed by atoms with van der Waals surface area (Å²) >= 11 is 0. The van der Waals surface area contributed by atoms with E-state index in [4.69, 9.17) is 4.98 Å². The fraction of sp³-hybridized carbons (Fsp3) is 0.381. The highest BCUT2D eigenvalue weighted by Crippen LogP contribution is 2.36. The van der Waals surface area contributed by atoms with E-state index in [1.165, 1.54) is 0 Å². The molecule has 0 aliphatic heterocycles. The summed E-state index contributed by atoms with van der Waals surface area (Å²) in [7, 11) is 0. The van der Waals surface area contributed by atoms with Gasteiger partial charge in [-0.3, -0.25) is 4.79 Å². The SMILES string of the molecule is CCn1ccc2cc(Nc3cc(C)ccn3)nc(NC3(CO)CCC3)c2c1=O. The van der Waals surface area contributed by atoms with E-state index < -0.39 is 5.54 Å². The van der Waals surface area contributed by atoms with Gasteiger partial charge in [0.1, 0.15) is 17.5 Å². The first kappa shape index (κ1) is 18.4. The van der Waals surface area contributed by atoms with E-state index in [9.17, 15) is 9.90 Å². The van der Waals surface area contributed by atoms with Crippen molar-refractivity contribution >= 4 is 28.2 Å². The third-order valence-electron chi connectivity index (χ3n) is 5.47. The molecule has 0 saturated heterocycles. The van der Waals surface area contributed by atoms with Gasteiger partial charge in [0.2, 0.25) is 0 Å². The lowest BCUT2D eigenvalue weighted by molar-refractivity contribution is 0.144. The average Bonchev–Trinajstić information content (AvgIpc) is 2.65. The van der Waals surface area contributed by atoms with Crippen LogP contribution in [0.4, 0.5) is 17.5 Å². The maximum atomic E-state index is 13.0. The lowest BCUT2D eigenvalue weighted by Crippen LogP contribution is -2.48. The van der Waals surface area contributed by atoms with Gasteiger partial charge in [-0.15, -0.1) is 0 Å². The van der Waals surface area contributed by atoms with E-state index in [0.717, 1.165) is 30.2 Å². The molecule has 3 N–H and O–H groups in total. The van der Waals surface area contributed by atoms with Crippen molar-refractivity contribution in [3.63, 3.8) is 0 Å². The highest BCUT2D eigenvalue weighted by atomic mass is 16.3. The van der Waals surface area contributed by atoms with Crippen molar-refractivity contribution in [1.29, 1.82) is 0 Å². The Labute approximate surface area is 163 Å². The molecular formula is C21H25N5O2. The lowest BCUT2D eigenvalue weighted by atomic mass is 9.77. The molecular weight excluding hydrogens is 354 g/mol. The normalized spacial score (nSPS) is 15.2. The Morgan fingerprint density at radius 2 is 2.07 bits per heavy atom. The second-order valence-corrected chi connectivity index (χ2v) is 7.49. The second kappa shape index (κ2) is 7.24. The molecule has 0 spiro atoms. The summed E-state index contributed by atoms with van der Waals surface area (Å²) < 4.78 is 1.66. The summed E-state index contributed by atoms with van der Waals surface area (Å²) in [6.07, 6.45) is 6.31. The first-order valence-electron chi connectivity index (χ1n) is 9.66. The molecule has 0 amide bonds. The zero-order chi connectivity index (χ0) is 19.7. The van der Waals surface area contributed by atoms with Gasteiger partial charge in [0.05, 0.1) is 17.5 Å². The maximum absolute atomic E-state index is 13.0. The molecule has 0 atom stereocenters. The van der Waals surface area contributed by atoms with E-state index in [2.05, 4.69) is 15.6 Å². The van der Waals surface area contributed by atoms with Crippen LogP contribution in [0.2, 0.25) is 0 Å². The molecule has 28 heavy (non-hydrogen) atoms. The van der Waals surface area contributed by atoms with Crippen LogP contribution >= 0.6 is 0 Å². The van der Waals surface area contributed by atoms with Crippen LogP contribution < -0.4 is 16.2 Å². The quantitative estimate of drug-likeness (QED) is 0.609. The van der Waals surface area contributed by atoms with Gasteiger partial charge >= 0.3 is 0 Å². The Balaban J connectivity index is 1.83. The molecule has 146 valence electrons. The molecule has 0 bridgehead atoms. The third-order valence-corrected chi connectivity index (χ3v) is 5.47. The van der Waals surface area contributed by atoms with Crippen molar-refractivity contribution in [1.82, 2.24) is 14.5 Å². The van der Waals surface area contributed by atoms with Crippen LogP contribution in [0.3, 0.4) is 0 Å². The summed E-state index contributed by atoms with van der Waals surface area (Å²) in [4.78, 5) is 22.0. The van der Waals surface area contributed by atoms with E-state index in [-0.39, 0.29) is 12.2 Å². The van der Waals surface area contributed by atoms with Gasteiger partial charge in [-0.05, 0) is 68.3 Å². The van der Waals surface area contributed by atoms with Crippen molar-refractivity contribution in [2.75, 3.05) is 17.2 Å². The van der Waals surface area contributed by atoms with Crippen LogP contribution in [-0.2, 0) is 6.54 Å². The number of fused-ring (bicyclic) bond motifs is 1. The third kappa shape index (κ3) is 3.33. The Kier molecular flexibility index (Phi) is 4.77. The number of anilines is 3. The number of aliphatic hydroxyl groups excluding tert-OH is 1. The molecule has 0 unspecified atom stereocenters. The first-order chi connectivity index (χ1) is 13.5. The fourth-order valence-electron chi connectivity index (χ4n) is 3.62. The number of nitrogens with one attached hydrogen (secondary N) is 2. The number of aromatic nitrogens is 3. The van der Waals surface area contributed by atoms with E-state index in [0.29, 0.717) is 29.4 Å². The maximum Gasteiger partial charge on any atom is 0.262 e. The summed E-state index contributed by atoms with van der Waals surface area (Å²) in [5, 5.41) is 17.8. The van der Waals surface area contributed by atoms with Gasteiger partial charge < -0.3 is 20.3 Å². The number of pyridine rings is 3. The minimum absolute atomic E-state index is 0.0159. The Hall–Kier alpha value is -2.93. The van der Waals surface area contributed by atoms with Gasteiger partial charge in [-0.1, -0.05) is 0 Å². The predicted molar refractivity (Wildman–Crippen MR) is 111 cm³/mol. The second-order valence-electron chi connectivity index (χ2n) is 7.49. The fourth-order valence-corrected chi connectivity index (χ4v) is 3.62. The van der Waals surface area contributed by atoms with Crippen molar-refractivity contribution in [3.05, 3.63) is 52.6 Å². The van der Waals surface area contributed by atoms with Crippen LogP contribution in [-0.4, -0.2) is 31.8 Å². The molecule has 1 fully saturated rings. The number of aryl methyl sites for hydroxylation is 2. The van der Waals surface area contributed by atoms with Crippen LogP contribution in [0.25, 0.3) is 10.8 Å². The van der Waals surface area contributed by atoms with Gasteiger partial charge in [0.25, 0.3) is 5.56 Å². The summed E-state index contributed by atoms with van der Waals surface area (Å²) in [5.41, 5.74) is 0.609. The number of hydrogen-bond acceptors (Lipinski definition) is 6. The van der Waals surface area contributed by atoms with Crippen molar-refractivity contribution in [2.24, 2.45) is 0 Å². The van der Waals surface area contributed by atoms with Crippen molar-refractivity contribution < 1.29 is 5.11 Å². The molecule has 3 aromatic heterocycles. The largest absolute Gasteiger partial charge is 0.394 e. The van der Waals surface area contributed by atoms with E-state index in [1.54, 1.807) is 17.0 Å². The monoisotopic (exact) mass is 379 g/mol. The summed E-state index contributed by atoms with van der Waals surface area (Å²) in [6.45, 7) is 4.55. The Morgan fingerprint density at radius 3 is 2.71 bits per heavy atom. The van der Waals surface area contributed by atoms with Crippen LogP contribution in [0, 0.1) is 6.92 Å². The molecule has 0 aromatic carbocycles. The van der Waals surface area contributed by atoms with Gasteiger partial charge in [-0.2, -0.15) is 0 Å². The highest BCUT2D eigenvalue weighted by Gasteiger charge is 2.37. The van der Waals surface area contributed by atoms with Gasteiger partial charge in [0, 0.05) is 18.9 Å². The minimum atomic E-state index is -0.403. The topological polar surface area (TPSA) is 92.1 Å². The summed E-state index contributed by atoms with van der Waals surface area (Å²) in [5.74, 6) is 1.81. The van der Waals surface area contributed by atoms with E-state index >= 15 is 0 Å². The molecule has 1 aliphatic carbocycles. The molecule has 1 aliphatic rings. The van der Waals surface area contributed by atoms with Crippen molar-refractivity contribution in [3.8, 4) is 0 Å². The number of rotatable bonds is 6. The molecule has 7 heteroatoms. The molecule has 3 aromatic rings. The van der Waals surface area contributed by atoms with Gasteiger partial charge in [0.15, 0.2) is 0 Å². The van der Waals surface area contributed by atoms with E-state index in [1.807, 2.05) is 38.1 Å². The van der Waals surface area contributed by atoms with Crippen molar-refractivity contribution in [2.45, 2.75) is 45.2 Å². The standard InChI is InChI=1S/C21H25N5O2/c1-3-26-10-6-15-12-17(23-16-11-14(2)5-9-22-16)24-19(18(15)20(26)28)25-21(13-27)7-4-8-21/h5-6,9-12,27H,3-4,7-8,13H2,1-2H3,(H2,22,23,24,25). The lowest BCUT2D eigenvalue weighted by Gasteiger charge is -2.41. The summed E-state index contributed by atoms with van der Waals surface area (Å²) in [6, 6.07) is 7.66. The molecule has 1 saturated carbocycles. The predicted octanol–water partition coefficient (Wildman–Crippen LogP) is 3.19. The van der Waals surface area contributed by atoms with Crippen LogP contribution in [0.5, 0.6) is 0 Å². The molecule has 7 nitrogen and oxygen atoms in total. The number of nitrogens with zero attached hydrogens (tertiary/aromatic N) is 3. The number of hydrogen-bond donors (Lipinski definition) is 3. The zero-order valence-electron chi connectivity index (χ0n) is 16.2. The average molecular weight is 379 g/mol. The zero-order valence-corrected chi connectivity index (χ0v) is 16.2. The molecule has 4 rings (SSSR count). The molecule has 0 radical (unpaired) electrons. The first-order valence-corrected chi connectivity index (χ1v) is 9.66. The Bertz CT molecular complexity index is 1070. The van der Waals surface area contributed by atoms with Crippen LogP contribution in [0.1, 0.15) is 31.7 Å². The highest BCUT2D eigenvalue weighted by molar-refractivity contribution is 5.93. The Morgan fingerprint density at radius 1 is 1.25 bits per heavy atom. The number of aliphatic hydroxyl groups is 1. The minimum Gasteiger partial charge on any atom is -0.394 e.